The standard InChI is InChI=1S/C18H24N4O3/c1-24-15-9-14(10-16(11-15)25-2)18(5-3-4-6-18)17(23)19-7-8-22-12-20-21-13-22/h9-13H,3-8H2,1-2H3,(H,19,23). The van der Waals surface area contributed by atoms with Crippen LogP contribution >= 0.6 is 0 Å². The lowest BCUT2D eigenvalue weighted by molar-refractivity contribution is -0.126. The predicted molar refractivity (Wildman–Crippen MR) is 92.7 cm³/mol. The van der Waals surface area contributed by atoms with Crippen molar-refractivity contribution >= 4 is 5.91 Å². The predicted octanol–water partition coefficient (Wildman–Crippen LogP) is 1.92. The molecule has 25 heavy (non-hydrogen) atoms. The highest BCUT2D eigenvalue weighted by Gasteiger charge is 2.43. The molecule has 1 heterocycles. The van der Waals surface area contributed by atoms with Crippen LogP contribution in [0.2, 0.25) is 0 Å². The largest absolute Gasteiger partial charge is 0.497 e. The third-order valence-electron chi connectivity index (χ3n) is 4.92. The van der Waals surface area contributed by atoms with Gasteiger partial charge in [-0.05, 0) is 30.5 Å². The first-order chi connectivity index (χ1) is 12.2. The molecule has 0 radical (unpaired) electrons. The van der Waals surface area contributed by atoms with Gasteiger partial charge in [-0.2, -0.15) is 0 Å². The number of hydrogen-bond donors (Lipinski definition) is 1. The minimum atomic E-state index is -0.519. The Hall–Kier alpha value is -2.57. The topological polar surface area (TPSA) is 78.3 Å². The molecule has 7 nitrogen and oxygen atoms in total. The molecule has 0 spiro atoms. The van der Waals surface area contributed by atoms with Gasteiger partial charge in [0.2, 0.25) is 5.91 Å². The van der Waals surface area contributed by atoms with Gasteiger partial charge in [-0.3, -0.25) is 4.79 Å². The summed E-state index contributed by atoms with van der Waals surface area (Å²) >= 11 is 0. The maximum absolute atomic E-state index is 13.1. The molecule has 1 aliphatic carbocycles. The van der Waals surface area contributed by atoms with Crippen LogP contribution in [0.5, 0.6) is 11.5 Å². The Morgan fingerprint density at radius 2 is 1.72 bits per heavy atom. The maximum atomic E-state index is 13.1. The smallest absolute Gasteiger partial charge is 0.230 e. The van der Waals surface area contributed by atoms with Gasteiger partial charge in [0, 0.05) is 19.2 Å². The minimum absolute atomic E-state index is 0.0633. The maximum Gasteiger partial charge on any atom is 0.230 e. The normalized spacial score (nSPS) is 15.8. The summed E-state index contributed by atoms with van der Waals surface area (Å²) < 4.78 is 12.6. The van der Waals surface area contributed by atoms with Crippen molar-refractivity contribution in [1.82, 2.24) is 20.1 Å². The number of rotatable bonds is 7. The third-order valence-corrected chi connectivity index (χ3v) is 4.92. The summed E-state index contributed by atoms with van der Waals surface area (Å²) in [6.07, 6.45) is 7.04. The summed E-state index contributed by atoms with van der Waals surface area (Å²) in [5.74, 6) is 1.48. The van der Waals surface area contributed by atoms with Crippen LogP contribution in [0, 0.1) is 0 Å². The number of hydrogen-bond acceptors (Lipinski definition) is 5. The number of benzene rings is 1. The van der Waals surface area contributed by atoms with E-state index in [0.717, 1.165) is 31.2 Å². The second kappa shape index (κ2) is 7.55. The van der Waals surface area contributed by atoms with Crippen LogP contribution in [0.1, 0.15) is 31.2 Å². The number of methoxy groups -OCH3 is 2. The number of nitrogens with zero attached hydrogens (tertiary/aromatic N) is 3. The van der Waals surface area contributed by atoms with Crippen LogP contribution in [0.4, 0.5) is 0 Å². The van der Waals surface area contributed by atoms with Crippen molar-refractivity contribution in [2.75, 3.05) is 20.8 Å². The monoisotopic (exact) mass is 344 g/mol. The Balaban J connectivity index is 1.79. The van der Waals surface area contributed by atoms with E-state index in [2.05, 4.69) is 15.5 Å². The van der Waals surface area contributed by atoms with E-state index in [-0.39, 0.29) is 5.91 Å². The first-order valence-electron chi connectivity index (χ1n) is 8.52. The Labute approximate surface area is 147 Å². The third kappa shape index (κ3) is 3.60. The zero-order chi connectivity index (χ0) is 17.7. The molecular weight excluding hydrogens is 320 g/mol. The van der Waals surface area contributed by atoms with Crippen LogP contribution in [0.15, 0.2) is 30.9 Å². The molecule has 0 saturated heterocycles. The second-order valence-corrected chi connectivity index (χ2v) is 6.35. The van der Waals surface area contributed by atoms with Crippen molar-refractivity contribution < 1.29 is 14.3 Å². The second-order valence-electron chi connectivity index (χ2n) is 6.35. The minimum Gasteiger partial charge on any atom is -0.497 e. The van der Waals surface area contributed by atoms with Gasteiger partial charge < -0.3 is 19.4 Å². The van der Waals surface area contributed by atoms with Crippen molar-refractivity contribution in [3.63, 3.8) is 0 Å². The molecule has 0 atom stereocenters. The number of carbonyl (C=O) groups is 1. The van der Waals surface area contributed by atoms with Crippen molar-refractivity contribution in [3.05, 3.63) is 36.4 Å². The van der Waals surface area contributed by atoms with Crippen LogP contribution in [-0.4, -0.2) is 41.4 Å². The van der Waals surface area contributed by atoms with Crippen LogP contribution in [-0.2, 0) is 16.8 Å². The summed E-state index contributed by atoms with van der Waals surface area (Å²) in [5.41, 5.74) is 0.442. The lowest BCUT2D eigenvalue weighted by atomic mass is 9.77. The van der Waals surface area contributed by atoms with Crippen LogP contribution in [0.25, 0.3) is 0 Å². The molecule has 7 heteroatoms. The molecule has 1 amide bonds. The fraction of sp³-hybridized carbons (Fsp3) is 0.500. The highest BCUT2D eigenvalue weighted by molar-refractivity contribution is 5.88. The lowest BCUT2D eigenvalue weighted by Crippen LogP contribution is -2.43. The van der Waals surface area contributed by atoms with Gasteiger partial charge >= 0.3 is 0 Å². The molecule has 2 aromatic rings. The van der Waals surface area contributed by atoms with E-state index >= 15 is 0 Å². The summed E-state index contributed by atoms with van der Waals surface area (Å²) in [6.45, 7) is 1.19. The lowest BCUT2D eigenvalue weighted by Gasteiger charge is -2.29. The fourth-order valence-corrected chi connectivity index (χ4v) is 3.51. The van der Waals surface area contributed by atoms with Gasteiger partial charge in [0.25, 0.3) is 0 Å². The molecule has 134 valence electrons. The molecule has 1 saturated carbocycles. The number of ether oxygens (including phenoxy) is 2. The fourth-order valence-electron chi connectivity index (χ4n) is 3.51. The molecule has 0 aliphatic heterocycles. The molecule has 1 aromatic carbocycles. The summed E-state index contributed by atoms with van der Waals surface area (Å²) in [6, 6.07) is 5.73. The zero-order valence-electron chi connectivity index (χ0n) is 14.7. The van der Waals surface area contributed by atoms with Gasteiger partial charge in [0.05, 0.1) is 19.6 Å². The first kappa shape index (κ1) is 17.3. The number of amides is 1. The zero-order valence-corrected chi connectivity index (χ0v) is 14.7. The van der Waals surface area contributed by atoms with E-state index in [0.29, 0.717) is 24.6 Å². The highest BCUT2D eigenvalue weighted by Crippen LogP contribution is 2.43. The average Bonchev–Trinajstić information content (AvgIpc) is 3.33. The summed E-state index contributed by atoms with van der Waals surface area (Å²) in [7, 11) is 3.25. The number of aromatic nitrogens is 3. The number of carbonyl (C=O) groups excluding carboxylic acids is 1. The molecular formula is C18H24N4O3. The molecule has 1 fully saturated rings. The van der Waals surface area contributed by atoms with Gasteiger partial charge in [-0.25, -0.2) is 0 Å². The molecule has 1 aromatic heterocycles. The van der Waals surface area contributed by atoms with Crippen molar-refractivity contribution in [2.24, 2.45) is 0 Å². The average molecular weight is 344 g/mol. The Bertz CT molecular complexity index is 687. The van der Waals surface area contributed by atoms with Crippen LogP contribution in [0.3, 0.4) is 0 Å². The van der Waals surface area contributed by atoms with E-state index in [1.807, 2.05) is 22.8 Å². The van der Waals surface area contributed by atoms with Crippen molar-refractivity contribution in [2.45, 2.75) is 37.6 Å². The summed E-state index contributed by atoms with van der Waals surface area (Å²) in [5, 5.41) is 10.6. The van der Waals surface area contributed by atoms with E-state index < -0.39 is 5.41 Å². The van der Waals surface area contributed by atoms with Gasteiger partial charge in [-0.1, -0.05) is 12.8 Å². The molecule has 3 rings (SSSR count). The molecule has 0 bridgehead atoms. The van der Waals surface area contributed by atoms with Crippen molar-refractivity contribution in [1.29, 1.82) is 0 Å². The number of nitrogens with one attached hydrogen (secondary N) is 1. The molecule has 1 N–H and O–H groups in total. The molecule has 0 unspecified atom stereocenters. The van der Waals surface area contributed by atoms with Crippen LogP contribution < -0.4 is 14.8 Å². The van der Waals surface area contributed by atoms with Gasteiger partial charge in [0.15, 0.2) is 0 Å². The highest BCUT2D eigenvalue weighted by atomic mass is 16.5. The van der Waals surface area contributed by atoms with E-state index in [9.17, 15) is 4.79 Å². The molecule has 1 aliphatic rings. The Morgan fingerprint density at radius 1 is 1.12 bits per heavy atom. The SMILES string of the molecule is COc1cc(OC)cc(C2(C(=O)NCCn3cnnc3)CCCC2)c1. The Morgan fingerprint density at radius 3 is 2.28 bits per heavy atom. The van der Waals surface area contributed by atoms with E-state index in [1.54, 1.807) is 26.9 Å². The van der Waals surface area contributed by atoms with E-state index in [1.165, 1.54) is 0 Å². The van der Waals surface area contributed by atoms with E-state index in [4.69, 9.17) is 9.47 Å². The van der Waals surface area contributed by atoms with Gasteiger partial charge in [-0.15, -0.1) is 10.2 Å². The quantitative estimate of drug-likeness (QED) is 0.830. The van der Waals surface area contributed by atoms with Gasteiger partial charge in [0.1, 0.15) is 24.2 Å². The van der Waals surface area contributed by atoms with Crippen molar-refractivity contribution in [3.8, 4) is 11.5 Å². The first-order valence-corrected chi connectivity index (χ1v) is 8.52. The summed E-state index contributed by atoms with van der Waals surface area (Å²) in [4.78, 5) is 13.1. The Kier molecular flexibility index (Phi) is 5.21.